The maximum Gasteiger partial charge on any atom is 0.182 e. The lowest BCUT2D eigenvalue weighted by Gasteiger charge is -2.33. The number of nitrogens with zero attached hydrogens (tertiary/aromatic N) is 2. The Labute approximate surface area is 257 Å². The first-order chi connectivity index (χ1) is 20.0. The van der Waals surface area contributed by atoms with Gasteiger partial charge in [0, 0.05) is 12.0 Å². The van der Waals surface area contributed by atoms with E-state index in [0.29, 0.717) is 29.7 Å². The smallest absolute Gasteiger partial charge is 0.182 e. The molecule has 1 saturated heterocycles. The number of rotatable bonds is 9. The number of aryl methyl sites for hydroxylation is 1. The average Bonchev–Trinajstić information content (AvgIpc) is 3.34. The minimum atomic E-state index is -3.52. The van der Waals surface area contributed by atoms with E-state index >= 15 is 0 Å². The lowest BCUT2D eigenvalue weighted by molar-refractivity contribution is 0.243. The molecule has 42 heavy (non-hydrogen) atoms. The second-order valence-corrected chi connectivity index (χ2v) is 14.9. The summed E-state index contributed by atoms with van der Waals surface area (Å²) in [5.74, 6) is 2.61. The van der Waals surface area contributed by atoms with E-state index in [1.165, 1.54) is 11.1 Å². The molecule has 1 fully saturated rings. The Hall–Kier alpha value is -2.86. The Bertz CT molecular complexity index is 1540. The molecule has 2 aromatic rings. The topological polar surface area (TPSA) is 121 Å². The Morgan fingerprint density at radius 3 is 2.50 bits per heavy atom. The molecule has 0 aliphatic carbocycles. The fourth-order valence-electron chi connectivity index (χ4n) is 5.63. The third-order valence-electron chi connectivity index (χ3n) is 7.85. The second-order valence-electron chi connectivity index (χ2n) is 11.7. The first-order valence-corrected chi connectivity index (χ1v) is 16.8. The molecule has 11 heteroatoms. The van der Waals surface area contributed by atoms with Crippen LogP contribution in [0.15, 0.2) is 69.6 Å². The van der Waals surface area contributed by atoms with E-state index in [-0.39, 0.29) is 11.0 Å². The first-order valence-electron chi connectivity index (χ1n) is 14.6. The highest BCUT2D eigenvalue weighted by Gasteiger charge is 2.33. The fraction of sp³-hybridized carbons (Fsp3) is 0.452. The lowest BCUT2D eigenvalue weighted by atomic mass is 9.87. The van der Waals surface area contributed by atoms with Crippen molar-refractivity contribution in [3.05, 3.63) is 70.8 Å². The molecule has 9 nitrogen and oxygen atoms in total. The SMILES string of the molecule is Cc1cc(NC2=CC3=C(Nc4ccccc4S(=O)(=O)C(C)C)N(Br)C(N)CC3=N2)c(OC(C)C)cc1C1CCNCC1. The number of ether oxygens (including phenoxy) is 1. The number of piperidine rings is 1. The van der Waals surface area contributed by atoms with Crippen molar-refractivity contribution < 1.29 is 13.2 Å². The zero-order valence-electron chi connectivity index (χ0n) is 24.9. The maximum atomic E-state index is 13.1. The van der Waals surface area contributed by atoms with Gasteiger partial charge in [0.1, 0.15) is 17.4 Å². The standard InChI is InChI=1S/C31H41BrN6O3S/c1-18(2)41-27-15-22(21-10-12-34-13-11-21)20(5)14-26(27)36-30-16-23-25(35-30)17-29(33)38(32)31(23)37-24-8-6-7-9-28(24)42(39,40)19(3)4/h6-9,14-16,18-19,21,29,34,36-37H,10-13,17,33H2,1-5H3. The zero-order valence-corrected chi connectivity index (χ0v) is 27.3. The molecule has 226 valence electrons. The van der Waals surface area contributed by atoms with Crippen LogP contribution in [0, 0.1) is 6.92 Å². The number of hydrogen-bond acceptors (Lipinski definition) is 9. The van der Waals surface area contributed by atoms with Crippen molar-refractivity contribution in [1.82, 2.24) is 9.24 Å². The number of sulfone groups is 1. The highest BCUT2D eigenvalue weighted by molar-refractivity contribution is 9.07. The minimum Gasteiger partial charge on any atom is -0.489 e. The molecule has 1 unspecified atom stereocenters. The normalized spacial score (nSPS) is 19.6. The molecule has 3 aliphatic heterocycles. The van der Waals surface area contributed by atoms with Crippen LogP contribution in [-0.2, 0) is 9.84 Å². The Balaban J connectivity index is 1.50. The highest BCUT2D eigenvalue weighted by Crippen LogP contribution is 2.39. The van der Waals surface area contributed by atoms with Gasteiger partial charge >= 0.3 is 0 Å². The third kappa shape index (κ3) is 6.24. The second kappa shape index (κ2) is 12.4. The largest absolute Gasteiger partial charge is 0.489 e. The first kappa shape index (κ1) is 30.6. The molecule has 5 rings (SSSR count). The summed E-state index contributed by atoms with van der Waals surface area (Å²) in [6, 6.07) is 11.3. The van der Waals surface area contributed by atoms with Crippen LogP contribution in [0.1, 0.15) is 64.0 Å². The Kier molecular flexibility index (Phi) is 9.03. The number of nitrogens with two attached hydrogens (primary N) is 1. The van der Waals surface area contributed by atoms with Crippen LogP contribution in [0.2, 0.25) is 0 Å². The van der Waals surface area contributed by atoms with E-state index in [4.69, 9.17) is 15.5 Å². The summed E-state index contributed by atoms with van der Waals surface area (Å²) in [7, 11) is -3.52. The third-order valence-corrected chi connectivity index (χ3v) is 10.9. The number of nitrogens with one attached hydrogen (secondary N) is 3. The molecular formula is C31H41BrN6O3S. The van der Waals surface area contributed by atoms with Gasteiger partial charge in [0.2, 0.25) is 0 Å². The Morgan fingerprint density at radius 2 is 1.81 bits per heavy atom. The van der Waals surface area contributed by atoms with Crippen molar-refractivity contribution >= 4 is 43.1 Å². The van der Waals surface area contributed by atoms with Crippen LogP contribution in [0.3, 0.4) is 0 Å². The molecule has 0 amide bonds. The van der Waals surface area contributed by atoms with Gasteiger partial charge in [-0.05, 0) is 108 Å². The van der Waals surface area contributed by atoms with Crippen molar-refractivity contribution in [1.29, 1.82) is 0 Å². The van der Waals surface area contributed by atoms with E-state index in [0.717, 1.165) is 48.7 Å². The van der Waals surface area contributed by atoms with Crippen molar-refractivity contribution in [3.8, 4) is 5.75 Å². The van der Waals surface area contributed by atoms with Gasteiger partial charge < -0.3 is 26.4 Å². The summed E-state index contributed by atoms with van der Waals surface area (Å²) in [5.41, 5.74) is 12.0. The summed E-state index contributed by atoms with van der Waals surface area (Å²) in [4.78, 5) is 5.15. The number of hydrogen-bond donors (Lipinski definition) is 4. The van der Waals surface area contributed by atoms with Gasteiger partial charge in [-0.15, -0.1) is 0 Å². The van der Waals surface area contributed by atoms with E-state index < -0.39 is 21.3 Å². The number of para-hydroxylation sites is 1. The van der Waals surface area contributed by atoms with Gasteiger partial charge in [-0.25, -0.2) is 13.4 Å². The van der Waals surface area contributed by atoms with Crippen LogP contribution < -0.4 is 26.4 Å². The van der Waals surface area contributed by atoms with Crippen LogP contribution in [-0.4, -0.2) is 48.7 Å². The summed E-state index contributed by atoms with van der Waals surface area (Å²) < 4.78 is 34.3. The fourth-order valence-corrected chi connectivity index (χ4v) is 7.25. The van der Waals surface area contributed by atoms with Crippen LogP contribution in [0.25, 0.3) is 0 Å². The molecule has 0 aromatic heterocycles. The van der Waals surface area contributed by atoms with Crippen molar-refractivity contribution in [2.45, 2.75) is 82.2 Å². The minimum absolute atomic E-state index is 0.0150. The predicted octanol–water partition coefficient (Wildman–Crippen LogP) is 5.76. The van der Waals surface area contributed by atoms with Gasteiger partial charge in [0.05, 0.1) is 55.6 Å². The van der Waals surface area contributed by atoms with Crippen LogP contribution >= 0.6 is 16.1 Å². The van der Waals surface area contributed by atoms with Crippen molar-refractivity contribution in [3.63, 3.8) is 0 Å². The van der Waals surface area contributed by atoms with E-state index in [2.05, 4.69) is 51.2 Å². The molecule has 5 N–H and O–H groups in total. The molecule has 0 radical (unpaired) electrons. The molecule has 0 saturated carbocycles. The predicted molar refractivity (Wildman–Crippen MR) is 174 cm³/mol. The summed E-state index contributed by atoms with van der Waals surface area (Å²) in [5, 5.41) is 9.76. The molecular weight excluding hydrogens is 616 g/mol. The Morgan fingerprint density at radius 1 is 1.10 bits per heavy atom. The van der Waals surface area contributed by atoms with E-state index in [9.17, 15) is 8.42 Å². The summed E-state index contributed by atoms with van der Waals surface area (Å²) in [6.07, 6.45) is 4.32. The van der Waals surface area contributed by atoms with E-state index in [1.54, 1.807) is 36.0 Å². The van der Waals surface area contributed by atoms with Crippen LogP contribution in [0.5, 0.6) is 5.75 Å². The number of fused-ring (bicyclic) bond motifs is 1. The molecule has 0 bridgehead atoms. The van der Waals surface area contributed by atoms with Gasteiger partial charge in [-0.1, -0.05) is 12.1 Å². The van der Waals surface area contributed by atoms with Crippen molar-refractivity contribution in [2.24, 2.45) is 10.7 Å². The van der Waals surface area contributed by atoms with Crippen molar-refractivity contribution in [2.75, 3.05) is 23.7 Å². The van der Waals surface area contributed by atoms with Gasteiger partial charge in [0.25, 0.3) is 0 Å². The van der Waals surface area contributed by atoms with Gasteiger partial charge in [0.15, 0.2) is 9.84 Å². The molecule has 3 aliphatic rings. The number of aliphatic imine (C=N–C) groups is 1. The summed E-state index contributed by atoms with van der Waals surface area (Å²) >= 11 is 3.61. The molecule has 2 aromatic carbocycles. The maximum absolute atomic E-state index is 13.1. The number of allylic oxidation sites excluding steroid dienone is 2. The number of anilines is 2. The number of halogens is 1. The van der Waals surface area contributed by atoms with Gasteiger partial charge in [-0.2, -0.15) is 0 Å². The number of benzene rings is 2. The van der Waals surface area contributed by atoms with Crippen LogP contribution in [0.4, 0.5) is 11.4 Å². The van der Waals surface area contributed by atoms with Gasteiger partial charge in [-0.3, -0.25) is 3.93 Å². The van der Waals surface area contributed by atoms with E-state index in [1.807, 2.05) is 26.0 Å². The molecule has 3 heterocycles. The average molecular weight is 658 g/mol. The highest BCUT2D eigenvalue weighted by atomic mass is 79.9. The lowest BCUT2D eigenvalue weighted by Crippen LogP contribution is -2.43. The molecule has 0 spiro atoms. The monoisotopic (exact) mass is 656 g/mol. The summed E-state index contributed by atoms with van der Waals surface area (Å²) in [6.45, 7) is 11.6. The zero-order chi connectivity index (χ0) is 30.2. The quantitative estimate of drug-likeness (QED) is 0.251. The molecule has 1 atom stereocenters.